The third-order valence-electron chi connectivity index (χ3n) is 4.10. The van der Waals surface area contributed by atoms with Crippen LogP contribution in [-0.2, 0) is 0 Å². The summed E-state index contributed by atoms with van der Waals surface area (Å²) < 4.78 is 13.9. The Morgan fingerprint density at radius 2 is 1.59 bits per heavy atom. The largest absolute Gasteiger partial charge is 0.345 e. The molecule has 138 valence electrons. The quantitative estimate of drug-likeness (QED) is 0.456. The molecule has 27 heavy (non-hydrogen) atoms. The average molecular weight is 384 g/mol. The molecule has 0 saturated carbocycles. The van der Waals surface area contributed by atoms with E-state index in [1.54, 1.807) is 18.2 Å². The summed E-state index contributed by atoms with van der Waals surface area (Å²) in [5.74, 6) is -1.26. The summed E-state index contributed by atoms with van der Waals surface area (Å²) in [6.07, 6.45) is 0. The van der Waals surface area contributed by atoms with E-state index in [0.717, 1.165) is 22.5 Å². The summed E-state index contributed by atoms with van der Waals surface area (Å²) in [6, 6.07) is 16.6. The van der Waals surface area contributed by atoms with E-state index in [0.29, 0.717) is 10.4 Å². The van der Waals surface area contributed by atoms with Gasteiger partial charge in [0.05, 0.1) is 15.8 Å². The minimum absolute atomic E-state index is 0.240. The Balaban J connectivity index is 1.70. The molecule has 0 radical (unpaired) electrons. The zero-order valence-electron chi connectivity index (χ0n) is 14.4. The molecule has 0 aliphatic carbocycles. The summed E-state index contributed by atoms with van der Waals surface area (Å²) in [6.45, 7) is 1.84. The number of amides is 2. The van der Waals surface area contributed by atoms with Crippen LogP contribution in [0.1, 0.15) is 37.9 Å². The molecule has 1 atom stereocenters. The highest BCUT2D eigenvalue weighted by atomic mass is 32.1. The molecule has 0 fully saturated rings. The minimum atomic E-state index is -0.657. The smallest absolute Gasteiger partial charge is 0.284 e. The summed E-state index contributed by atoms with van der Waals surface area (Å²) in [5, 5.41) is 11.5. The van der Waals surface area contributed by atoms with E-state index < -0.39 is 5.91 Å². The van der Waals surface area contributed by atoms with Crippen LogP contribution >= 0.6 is 11.3 Å². The maximum Gasteiger partial charge on any atom is 0.284 e. The van der Waals surface area contributed by atoms with Crippen LogP contribution in [0.5, 0.6) is 0 Å². The molecule has 1 heterocycles. The molecular formula is C20H17FN2O3S. The van der Waals surface area contributed by atoms with Crippen LogP contribution in [-0.4, -0.2) is 17.0 Å². The number of rotatable bonds is 5. The van der Waals surface area contributed by atoms with E-state index in [9.17, 15) is 14.0 Å². The van der Waals surface area contributed by atoms with Crippen molar-refractivity contribution in [3.8, 4) is 11.1 Å². The fourth-order valence-corrected chi connectivity index (χ4v) is 3.43. The Morgan fingerprint density at radius 3 is 2.22 bits per heavy atom. The van der Waals surface area contributed by atoms with Gasteiger partial charge in [-0.1, -0.05) is 42.5 Å². The number of carbonyl (C=O) groups is 2. The molecule has 0 unspecified atom stereocenters. The number of carbonyl (C=O) groups excluding carboxylic acids is 2. The first-order valence-corrected chi connectivity index (χ1v) is 9.01. The molecular weight excluding hydrogens is 367 g/mol. The Hall–Kier alpha value is -3.03. The molecule has 0 aliphatic rings. The first-order chi connectivity index (χ1) is 13.0. The Bertz CT molecular complexity index is 969. The lowest BCUT2D eigenvalue weighted by Gasteiger charge is -2.14. The zero-order chi connectivity index (χ0) is 19.4. The molecule has 0 aliphatic heterocycles. The second kappa shape index (κ2) is 8.11. The van der Waals surface area contributed by atoms with Gasteiger partial charge < -0.3 is 5.32 Å². The predicted molar refractivity (Wildman–Crippen MR) is 101 cm³/mol. The Kier molecular flexibility index (Phi) is 5.63. The van der Waals surface area contributed by atoms with Crippen LogP contribution in [0.4, 0.5) is 4.39 Å². The van der Waals surface area contributed by atoms with E-state index in [1.807, 2.05) is 31.2 Å². The van der Waals surface area contributed by atoms with Gasteiger partial charge in [-0.25, -0.2) is 9.87 Å². The van der Waals surface area contributed by atoms with Gasteiger partial charge in [-0.2, -0.15) is 0 Å². The van der Waals surface area contributed by atoms with Gasteiger partial charge in [-0.15, -0.1) is 11.3 Å². The van der Waals surface area contributed by atoms with Gasteiger partial charge in [-0.05, 0) is 36.2 Å². The zero-order valence-corrected chi connectivity index (χ0v) is 15.2. The first-order valence-electron chi connectivity index (χ1n) is 8.19. The van der Waals surface area contributed by atoms with Crippen LogP contribution < -0.4 is 10.8 Å². The summed E-state index contributed by atoms with van der Waals surface area (Å²) >= 11 is 0.986. The predicted octanol–water partition coefficient (Wildman–Crippen LogP) is 4.16. The fraction of sp³-hybridized carbons (Fsp3) is 0.100. The maximum atomic E-state index is 13.9. The molecule has 0 saturated heterocycles. The number of nitrogens with one attached hydrogen (secondary N) is 2. The van der Waals surface area contributed by atoms with Gasteiger partial charge in [0.25, 0.3) is 11.8 Å². The van der Waals surface area contributed by atoms with E-state index in [1.165, 1.54) is 23.7 Å². The highest BCUT2D eigenvalue weighted by molar-refractivity contribution is 7.15. The van der Waals surface area contributed by atoms with Crippen molar-refractivity contribution in [2.24, 2.45) is 0 Å². The van der Waals surface area contributed by atoms with E-state index in [-0.39, 0.29) is 22.6 Å². The molecule has 7 heteroatoms. The first kappa shape index (κ1) is 18.8. The molecule has 3 aromatic rings. The molecule has 0 spiro atoms. The standard InChI is InChI=1S/C20H17FN2O3S/c1-12(22-19(24)17-10-11-18(27-17)20(25)23-26)13-6-8-14(9-7-13)15-4-2-3-5-16(15)21/h2-12,26H,1H3,(H,22,24)(H,23,25)/t12-/m1/s1. The van der Waals surface area contributed by atoms with E-state index in [4.69, 9.17) is 5.21 Å². The van der Waals surface area contributed by atoms with E-state index >= 15 is 0 Å². The normalized spacial score (nSPS) is 11.7. The molecule has 3 N–H and O–H groups in total. The summed E-state index contributed by atoms with van der Waals surface area (Å²) in [4.78, 5) is 24.3. The minimum Gasteiger partial charge on any atom is -0.345 e. The Morgan fingerprint density at radius 1 is 0.963 bits per heavy atom. The maximum absolute atomic E-state index is 13.9. The molecule has 5 nitrogen and oxygen atoms in total. The van der Waals surface area contributed by atoms with Crippen LogP contribution in [0.2, 0.25) is 0 Å². The van der Waals surface area contributed by atoms with Crippen molar-refractivity contribution in [2.45, 2.75) is 13.0 Å². The summed E-state index contributed by atoms with van der Waals surface area (Å²) in [7, 11) is 0. The van der Waals surface area contributed by atoms with Gasteiger partial charge in [0.15, 0.2) is 0 Å². The molecule has 2 aromatic carbocycles. The van der Waals surface area contributed by atoms with E-state index in [2.05, 4.69) is 5.32 Å². The van der Waals surface area contributed by atoms with Gasteiger partial charge in [-0.3, -0.25) is 14.8 Å². The second-order valence-corrected chi connectivity index (χ2v) is 6.99. The SMILES string of the molecule is C[C@@H](NC(=O)c1ccc(C(=O)NO)s1)c1ccc(-c2ccccc2F)cc1. The third kappa shape index (κ3) is 4.21. The van der Waals surface area contributed by atoms with Crippen LogP contribution in [0, 0.1) is 5.82 Å². The lowest BCUT2D eigenvalue weighted by molar-refractivity contribution is 0.0711. The lowest BCUT2D eigenvalue weighted by Crippen LogP contribution is -2.25. The monoisotopic (exact) mass is 384 g/mol. The lowest BCUT2D eigenvalue weighted by atomic mass is 10.0. The van der Waals surface area contributed by atoms with Gasteiger partial charge in [0, 0.05) is 5.56 Å². The van der Waals surface area contributed by atoms with Gasteiger partial charge >= 0.3 is 0 Å². The topological polar surface area (TPSA) is 78.4 Å². The highest BCUT2D eigenvalue weighted by Crippen LogP contribution is 2.25. The summed E-state index contributed by atoms with van der Waals surface area (Å²) in [5.41, 5.74) is 3.68. The average Bonchev–Trinajstić information content (AvgIpc) is 3.18. The van der Waals surface area contributed by atoms with Gasteiger partial charge in [0.1, 0.15) is 5.82 Å². The third-order valence-corrected chi connectivity index (χ3v) is 5.18. The van der Waals surface area contributed by atoms with Crippen LogP contribution in [0.3, 0.4) is 0 Å². The van der Waals surface area contributed by atoms with Crippen molar-refractivity contribution in [3.05, 3.63) is 81.8 Å². The van der Waals surface area contributed by atoms with Gasteiger partial charge in [0.2, 0.25) is 0 Å². The van der Waals surface area contributed by atoms with Crippen molar-refractivity contribution in [3.63, 3.8) is 0 Å². The molecule has 1 aromatic heterocycles. The number of hydrogen-bond acceptors (Lipinski definition) is 4. The number of halogens is 1. The second-order valence-electron chi connectivity index (χ2n) is 5.90. The van der Waals surface area contributed by atoms with Crippen molar-refractivity contribution >= 4 is 23.2 Å². The van der Waals surface area contributed by atoms with Crippen LogP contribution in [0.25, 0.3) is 11.1 Å². The van der Waals surface area contributed by atoms with Crippen molar-refractivity contribution in [1.82, 2.24) is 10.8 Å². The molecule has 3 rings (SSSR count). The van der Waals surface area contributed by atoms with Crippen LogP contribution in [0.15, 0.2) is 60.7 Å². The Labute approximate surface area is 159 Å². The fourth-order valence-electron chi connectivity index (χ4n) is 2.63. The molecule has 2 amide bonds. The van der Waals surface area contributed by atoms with Crippen molar-refractivity contribution in [2.75, 3.05) is 0 Å². The molecule has 0 bridgehead atoms. The van der Waals surface area contributed by atoms with Crippen molar-refractivity contribution in [1.29, 1.82) is 0 Å². The van der Waals surface area contributed by atoms with Crippen molar-refractivity contribution < 1.29 is 19.2 Å². The number of benzene rings is 2. The number of hydrogen-bond donors (Lipinski definition) is 3. The number of thiophene rings is 1. The number of hydroxylamine groups is 1. The highest BCUT2D eigenvalue weighted by Gasteiger charge is 2.16.